The number of rotatable bonds is 6. The monoisotopic (exact) mass is 455 g/mol. The summed E-state index contributed by atoms with van der Waals surface area (Å²) in [4.78, 5) is 0. The molecule has 1 heterocycles. The Morgan fingerprint density at radius 1 is 0.667 bits per heavy atom. The standard InChI is InChI=1S/C30H29NO.ClH/c1-3-8-24(9-4-1)26-16-14-23(15-17-26)22-32-30-21-31-19-18-29(30)28-13-7-12-27(20-28)25-10-5-2-6-11-25;/h1-17,20,29-31H,18-19,21-22H2;1H. The van der Waals surface area contributed by atoms with E-state index in [9.17, 15) is 0 Å². The van der Waals surface area contributed by atoms with E-state index in [1.54, 1.807) is 0 Å². The van der Waals surface area contributed by atoms with Crippen LogP contribution in [-0.4, -0.2) is 19.2 Å². The number of ether oxygens (including phenoxy) is 1. The van der Waals surface area contributed by atoms with Gasteiger partial charge in [0.15, 0.2) is 0 Å². The lowest BCUT2D eigenvalue weighted by Gasteiger charge is -2.33. The molecule has 0 spiro atoms. The molecule has 5 rings (SSSR count). The normalized spacial score (nSPS) is 17.8. The molecule has 168 valence electrons. The second kappa shape index (κ2) is 11.3. The van der Waals surface area contributed by atoms with Crippen molar-refractivity contribution >= 4 is 12.4 Å². The Morgan fingerprint density at radius 3 is 1.97 bits per heavy atom. The summed E-state index contributed by atoms with van der Waals surface area (Å²) in [6.07, 6.45) is 1.26. The minimum absolute atomic E-state index is 0. The zero-order valence-corrected chi connectivity index (χ0v) is 19.5. The number of halogens is 1. The molecule has 0 bridgehead atoms. The van der Waals surface area contributed by atoms with Crippen molar-refractivity contribution in [3.05, 3.63) is 120 Å². The highest BCUT2D eigenvalue weighted by atomic mass is 35.5. The number of hydrogen-bond donors (Lipinski definition) is 1. The molecule has 1 aliphatic rings. The van der Waals surface area contributed by atoms with Crippen LogP contribution < -0.4 is 5.32 Å². The van der Waals surface area contributed by atoms with Crippen LogP contribution in [0.1, 0.15) is 23.5 Å². The zero-order chi connectivity index (χ0) is 21.6. The third kappa shape index (κ3) is 5.72. The summed E-state index contributed by atoms with van der Waals surface area (Å²) in [6, 6.07) is 38.8. The molecule has 3 heteroatoms. The Morgan fingerprint density at radius 2 is 1.27 bits per heavy atom. The maximum atomic E-state index is 6.46. The summed E-state index contributed by atoms with van der Waals surface area (Å²) in [7, 11) is 0. The maximum absolute atomic E-state index is 6.46. The number of hydrogen-bond acceptors (Lipinski definition) is 2. The maximum Gasteiger partial charge on any atom is 0.0772 e. The van der Waals surface area contributed by atoms with E-state index in [0.29, 0.717) is 12.5 Å². The van der Waals surface area contributed by atoms with Crippen LogP contribution in [0.3, 0.4) is 0 Å². The van der Waals surface area contributed by atoms with Gasteiger partial charge in [0.25, 0.3) is 0 Å². The molecule has 0 aliphatic carbocycles. The molecule has 2 atom stereocenters. The number of benzene rings is 4. The van der Waals surface area contributed by atoms with Crippen LogP contribution >= 0.6 is 12.4 Å². The minimum atomic E-state index is 0. The van der Waals surface area contributed by atoms with Crippen LogP contribution in [0.15, 0.2) is 109 Å². The second-order valence-electron chi connectivity index (χ2n) is 8.50. The molecule has 4 aromatic rings. The van der Waals surface area contributed by atoms with E-state index in [0.717, 1.165) is 19.5 Å². The molecule has 2 unspecified atom stereocenters. The van der Waals surface area contributed by atoms with Crippen molar-refractivity contribution in [1.82, 2.24) is 5.32 Å². The molecule has 1 aliphatic heterocycles. The van der Waals surface area contributed by atoms with E-state index >= 15 is 0 Å². The first-order valence-corrected chi connectivity index (χ1v) is 11.5. The first-order valence-electron chi connectivity index (χ1n) is 11.5. The Kier molecular flexibility index (Phi) is 7.96. The highest BCUT2D eigenvalue weighted by Crippen LogP contribution is 2.31. The van der Waals surface area contributed by atoms with Gasteiger partial charge in [-0.2, -0.15) is 0 Å². The molecule has 4 aromatic carbocycles. The van der Waals surface area contributed by atoms with E-state index in [1.165, 1.54) is 33.4 Å². The molecule has 33 heavy (non-hydrogen) atoms. The Balaban J connectivity index is 0.00000259. The predicted molar refractivity (Wildman–Crippen MR) is 140 cm³/mol. The topological polar surface area (TPSA) is 21.3 Å². The average Bonchev–Trinajstić information content (AvgIpc) is 2.89. The fourth-order valence-corrected chi connectivity index (χ4v) is 4.59. The van der Waals surface area contributed by atoms with Crippen molar-refractivity contribution in [2.24, 2.45) is 0 Å². The van der Waals surface area contributed by atoms with Crippen LogP contribution in [-0.2, 0) is 11.3 Å². The molecule has 0 radical (unpaired) electrons. The molecule has 2 nitrogen and oxygen atoms in total. The van der Waals surface area contributed by atoms with Gasteiger partial charge < -0.3 is 10.1 Å². The van der Waals surface area contributed by atoms with E-state index < -0.39 is 0 Å². The van der Waals surface area contributed by atoms with Crippen LogP contribution in [0.25, 0.3) is 22.3 Å². The van der Waals surface area contributed by atoms with Gasteiger partial charge in [0.1, 0.15) is 0 Å². The highest BCUT2D eigenvalue weighted by molar-refractivity contribution is 5.85. The number of nitrogens with one attached hydrogen (secondary N) is 1. The van der Waals surface area contributed by atoms with Gasteiger partial charge in [-0.05, 0) is 46.3 Å². The lowest BCUT2D eigenvalue weighted by molar-refractivity contribution is 0.0106. The fraction of sp³-hybridized carbons (Fsp3) is 0.200. The fourth-order valence-electron chi connectivity index (χ4n) is 4.59. The summed E-state index contributed by atoms with van der Waals surface area (Å²) >= 11 is 0. The van der Waals surface area contributed by atoms with Gasteiger partial charge in [0, 0.05) is 12.5 Å². The van der Waals surface area contributed by atoms with Crippen molar-refractivity contribution in [3.63, 3.8) is 0 Å². The quantitative estimate of drug-likeness (QED) is 0.334. The minimum Gasteiger partial charge on any atom is -0.372 e. The lowest BCUT2D eigenvalue weighted by Crippen LogP contribution is -2.41. The van der Waals surface area contributed by atoms with Gasteiger partial charge >= 0.3 is 0 Å². The summed E-state index contributed by atoms with van der Waals surface area (Å²) in [5, 5.41) is 3.52. The summed E-state index contributed by atoms with van der Waals surface area (Å²) in [5.74, 6) is 0.406. The molecule has 1 fully saturated rings. The molecule has 0 aromatic heterocycles. The van der Waals surface area contributed by atoms with Crippen LogP contribution in [0, 0.1) is 0 Å². The number of piperidine rings is 1. The summed E-state index contributed by atoms with van der Waals surface area (Å²) in [5.41, 5.74) is 7.61. The SMILES string of the molecule is Cl.c1ccc(-c2ccc(COC3CNCCC3c3cccc(-c4ccccc4)c3)cc2)cc1. The first-order chi connectivity index (χ1) is 15.9. The Bertz CT molecular complexity index is 1130. The van der Waals surface area contributed by atoms with Crippen molar-refractivity contribution < 1.29 is 4.74 Å². The van der Waals surface area contributed by atoms with E-state index in [1.807, 2.05) is 0 Å². The van der Waals surface area contributed by atoms with Gasteiger partial charge in [-0.15, -0.1) is 12.4 Å². The van der Waals surface area contributed by atoms with Crippen molar-refractivity contribution in [1.29, 1.82) is 0 Å². The van der Waals surface area contributed by atoms with Crippen molar-refractivity contribution in [2.75, 3.05) is 13.1 Å². The van der Waals surface area contributed by atoms with E-state index in [2.05, 4.69) is 115 Å². The van der Waals surface area contributed by atoms with Crippen LogP contribution in [0.5, 0.6) is 0 Å². The highest BCUT2D eigenvalue weighted by Gasteiger charge is 2.27. The lowest BCUT2D eigenvalue weighted by atomic mass is 9.86. The van der Waals surface area contributed by atoms with Gasteiger partial charge in [-0.1, -0.05) is 109 Å². The summed E-state index contributed by atoms with van der Waals surface area (Å²) in [6.45, 7) is 2.56. The summed E-state index contributed by atoms with van der Waals surface area (Å²) < 4.78 is 6.46. The molecule has 0 saturated carbocycles. The Labute approximate surface area is 203 Å². The zero-order valence-electron chi connectivity index (χ0n) is 18.7. The molecular formula is C30H30ClNO. The van der Waals surface area contributed by atoms with Gasteiger partial charge in [-0.3, -0.25) is 0 Å². The third-order valence-corrected chi connectivity index (χ3v) is 6.37. The second-order valence-corrected chi connectivity index (χ2v) is 8.50. The van der Waals surface area contributed by atoms with E-state index in [4.69, 9.17) is 4.74 Å². The molecule has 1 N–H and O–H groups in total. The largest absolute Gasteiger partial charge is 0.372 e. The molecular weight excluding hydrogens is 426 g/mol. The first kappa shape index (κ1) is 23.3. The smallest absolute Gasteiger partial charge is 0.0772 e. The third-order valence-electron chi connectivity index (χ3n) is 6.37. The van der Waals surface area contributed by atoms with Crippen molar-refractivity contribution in [3.8, 4) is 22.3 Å². The van der Waals surface area contributed by atoms with Crippen molar-refractivity contribution in [2.45, 2.75) is 25.0 Å². The Hall–Kier alpha value is -2.91. The average molecular weight is 456 g/mol. The van der Waals surface area contributed by atoms with Gasteiger partial charge in [0.05, 0.1) is 12.7 Å². The predicted octanol–water partition coefficient (Wildman–Crippen LogP) is 7.10. The van der Waals surface area contributed by atoms with Crippen LogP contribution in [0.2, 0.25) is 0 Å². The van der Waals surface area contributed by atoms with Gasteiger partial charge in [-0.25, -0.2) is 0 Å². The molecule has 0 amide bonds. The van der Waals surface area contributed by atoms with Gasteiger partial charge in [0.2, 0.25) is 0 Å². The molecule has 1 saturated heterocycles. The van der Waals surface area contributed by atoms with Crippen LogP contribution in [0.4, 0.5) is 0 Å². The van der Waals surface area contributed by atoms with E-state index in [-0.39, 0.29) is 18.5 Å².